The summed E-state index contributed by atoms with van der Waals surface area (Å²) in [7, 11) is 0. The second-order valence-electron chi connectivity index (χ2n) is 17.5. The standard InChI is InChI=1S/C56H103NO9/c1-5-9-13-17-24-34-49-63-55(64-50-35-25-18-14-10-6-2)41-39-53(59)61-47-32-28-21-22-30-43-57(45-38-46-58)44-31-23-29-33-48-62-54(60)40-42-56(65-51-36-26-19-15-11-7-3)66-52-37-27-20-16-12-8-4/h9-16,55-56,58H,5-8,17-52H2,1-4H3/b13-9-,14-10-,15-11-,16-12-. The Hall–Kier alpha value is -2.34. The molecular weight excluding hydrogens is 831 g/mol. The number of rotatable bonds is 52. The van der Waals surface area contributed by atoms with Crippen molar-refractivity contribution >= 4 is 11.9 Å². The highest BCUT2D eigenvalue weighted by molar-refractivity contribution is 5.69. The van der Waals surface area contributed by atoms with Crippen LogP contribution in [0.5, 0.6) is 0 Å². The van der Waals surface area contributed by atoms with Gasteiger partial charge in [-0.25, -0.2) is 0 Å². The summed E-state index contributed by atoms with van der Waals surface area (Å²) in [5, 5.41) is 9.46. The Bertz CT molecular complexity index is 1090. The van der Waals surface area contributed by atoms with Gasteiger partial charge in [-0.05, 0) is 148 Å². The summed E-state index contributed by atoms with van der Waals surface area (Å²) in [6.45, 7) is 15.3. The Balaban J connectivity index is 4.28. The van der Waals surface area contributed by atoms with Crippen LogP contribution in [0.25, 0.3) is 0 Å². The molecule has 0 spiro atoms. The highest BCUT2D eigenvalue weighted by Crippen LogP contribution is 2.14. The Morgan fingerprint density at radius 2 is 0.697 bits per heavy atom. The summed E-state index contributed by atoms with van der Waals surface area (Å²) in [5.41, 5.74) is 0. The van der Waals surface area contributed by atoms with Gasteiger partial charge in [-0.1, -0.05) is 108 Å². The van der Waals surface area contributed by atoms with Gasteiger partial charge in [0.15, 0.2) is 12.6 Å². The number of hydrogen-bond acceptors (Lipinski definition) is 10. The van der Waals surface area contributed by atoms with Crippen molar-refractivity contribution in [3.8, 4) is 0 Å². The number of esters is 2. The number of carbonyl (C=O) groups is 2. The fraction of sp³-hybridized carbons (Fsp3) is 0.821. The molecule has 0 aliphatic rings. The van der Waals surface area contributed by atoms with E-state index in [9.17, 15) is 14.7 Å². The van der Waals surface area contributed by atoms with Crippen LogP contribution in [0.1, 0.15) is 220 Å². The average Bonchev–Trinajstić information content (AvgIpc) is 3.32. The fourth-order valence-corrected chi connectivity index (χ4v) is 7.26. The quantitative estimate of drug-likeness (QED) is 0.0274. The molecule has 0 amide bonds. The number of hydrogen-bond donors (Lipinski definition) is 1. The highest BCUT2D eigenvalue weighted by Gasteiger charge is 2.15. The number of unbranched alkanes of at least 4 members (excludes halogenated alkanes) is 15. The number of ether oxygens (including phenoxy) is 6. The first-order valence-corrected chi connectivity index (χ1v) is 27.2. The maximum atomic E-state index is 12.6. The van der Waals surface area contributed by atoms with Crippen molar-refractivity contribution in [1.82, 2.24) is 4.90 Å². The van der Waals surface area contributed by atoms with Crippen LogP contribution >= 0.6 is 0 Å². The van der Waals surface area contributed by atoms with E-state index in [1.165, 1.54) is 0 Å². The number of allylic oxidation sites excluding steroid dienone is 8. The Labute approximate surface area is 406 Å². The molecule has 386 valence electrons. The van der Waals surface area contributed by atoms with Gasteiger partial charge in [0.2, 0.25) is 0 Å². The van der Waals surface area contributed by atoms with Gasteiger partial charge < -0.3 is 38.4 Å². The molecule has 0 saturated heterocycles. The lowest BCUT2D eigenvalue weighted by atomic mass is 10.1. The summed E-state index contributed by atoms with van der Waals surface area (Å²) < 4.78 is 35.4. The van der Waals surface area contributed by atoms with E-state index in [4.69, 9.17) is 28.4 Å². The summed E-state index contributed by atoms with van der Waals surface area (Å²) in [6, 6.07) is 0. The van der Waals surface area contributed by atoms with Gasteiger partial charge in [-0.3, -0.25) is 9.59 Å². The molecular formula is C56H103NO9. The lowest BCUT2D eigenvalue weighted by Gasteiger charge is -2.22. The average molecular weight is 934 g/mol. The minimum atomic E-state index is -0.368. The first-order chi connectivity index (χ1) is 32.5. The molecule has 0 unspecified atom stereocenters. The second kappa shape index (κ2) is 53.6. The third-order valence-corrected chi connectivity index (χ3v) is 11.2. The number of aliphatic hydroxyl groups excluding tert-OH is 1. The van der Waals surface area contributed by atoms with Crippen LogP contribution in [-0.2, 0) is 38.0 Å². The van der Waals surface area contributed by atoms with E-state index in [1.807, 2.05) is 0 Å². The molecule has 0 atom stereocenters. The fourth-order valence-electron chi connectivity index (χ4n) is 7.26. The van der Waals surface area contributed by atoms with Crippen LogP contribution in [0, 0.1) is 0 Å². The van der Waals surface area contributed by atoms with Crippen LogP contribution < -0.4 is 0 Å². The monoisotopic (exact) mass is 934 g/mol. The third kappa shape index (κ3) is 48.1. The Morgan fingerprint density at radius 1 is 0.394 bits per heavy atom. The van der Waals surface area contributed by atoms with Gasteiger partial charge in [0, 0.05) is 52.4 Å². The molecule has 0 aromatic carbocycles. The van der Waals surface area contributed by atoms with E-state index in [-0.39, 0.29) is 31.1 Å². The Kier molecular flexibility index (Phi) is 51.7. The van der Waals surface area contributed by atoms with Crippen molar-refractivity contribution in [2.24, 2.45) is 0 Å². The van der Waals surface area contributed by atoms with Crippen molar-refractivity contribution in [3.63, 3.8) is 0 Å². The van der Waals surface area contributed by atoms with Gasteiger partial charge in [0.1, 0.15) is 0 Å². The molecule has 0 saturated carbocycles. The molecule has 0 radical (unpaired) electrons. The van der Waals surface area contributed by atoms with Crippen molar-refractivity contribution in [1.29, 1.82) is 0 Å². The lowest BCUT2D eigenvalue weighted by molar-refractivity contribution is -0.159. The van der Waals surface area contributed by atoms with E-state index in [0.29, 0.717) is 65.3 Å². The first-order valence-electron chi connectivity index (χ1n) is 27.2. The smallest absolute Gasteiger partial charge is 0.305 e. The van der Waals surface area contributed by atoms with Crippen molar-refractivity contribution in [2.75, 3.05) is 65.9 Å². The summed E-state index contributed by atoms with van der Waals surface area (Å²) in [6.07, 6.45) is 45.7. The number of nitrogens with zero attached hydrogens (tertiary/aromatic N) is 1. The van der Waals surface area contributed by atoms with Crippen LogP contribution in [0.3, 0.4) is 0 Å². The van der Waals surface area contributed by atoms with Gasteiger partial charge in [-0.15, -0.1) is 0 Å². The summed E-state index contributed by atoms with van der Waals surface area (Å²) >= 11 is 0. The molecule has 0 aromatic heterocycles. The molecule has 0 fully saturated rings. The lowest BCUT2D eigenvalue weighted by Crippen LogP contribution is -2.28. The summed E-state index contributed by atoms with van der Waals surface area (Å²) in [4.78, 5) is 27.6. The van der Waals surface area contributed by atoms with Crippen LogP contribution in [0.4, 0.5) is 0 Å². The van der Waals surface area contributed by atoms with Gasteiger partial charge in [0.05, 0.1) is 26.1 Å². The molecule has 10 nitrogen and oxygen atoms in total. The minimum absolute atomic E-state index is 0.174. The predicted octanol–water partition coefficient (Wildman–Crippen LogP) is 14.1. The van der Waals surface area contributed by atoms with Gasteiger partial charge >= 0.3 is 11.9 Å². The number of aliphatic hydroxyl groups is 1. The normalized spacial score (nSPS) is 12.2. The van der Waals surface area contributed by atoms with E-state index in [0.717, 1.165) is 187 Å². The first kappa shape index (κ1) is 63.7. The van der Waals surface area contributed by atoms with Crippen molar-refractivity contribution < 1.29 is 43.1 Å². The van der Waals surface area contributed by atoms with Gasteiger partial charge in [0.25, 0.3) is 0 Å². The molecule has 0 heterocycles. The minimum Gasteiger partial charge on any atom is -0.466 e. The molecule has 0 rings (SSSR count). The maximum Gasteiger partial charge on any atom is 0.305 e. The molecule has 0 bridgehead atoms. The van der Waals surface area contributed by atoms with Crippen LogP contribution in [0.15, 0.2) is 48.6 Å². The van der Waals surface area contributed by atoms with E-state index < -0.39 is 0 Å². The second-order valence-corrected chi connectivity index (χ2v) is 17.5. The summed E-state index contributed by atoms with van der Waals surface area (Å²) in [5.74, 6) is -0.352. The molecule has 0 aliphatic heterocycles. The van der Waals surface area contributed by atoms with Crippen molar-refractivity contribution in [3.05, 3.63) is 48.6 Å². The molecule has 66 heavy (non-hydrogen) atoms. The molecule has 1 N–H and O–H groups in total. The van der Waals surface area contributed by atoms with E-state index in [2.05, 4.69) is 81.2 Å². The van der Waals surface area contributed by atoms with Gasteiger partial charge in [-0.2, -0.15) is 0 Å². The van der Waals surface area contributed by atoms with E-state index in [1.54, 1.807) is 0 Å². The van der Waals surface area contributed by atoms with E-state index >= 15 is 0 Å². The molecule has 10 heteroatoms. The maximum absolute atomic E-state index is 12.6. The van der Waals surface area contributed by atoms with Crippen LogP contribution in [-0.4, -0.2) is 100 Å². The zero-order valence-corrected chi connectivity index (χ0v) is 43.2. The van der Waals surface area contributed by atoms with Crippen molar-refractivity contribution in [2.45, 2.75) is 233 Å². The largest absolute Gasteiger partial charge is 0.466 e. The zero-order chi connectivity index (χ0) is 48.1. The number of carbonyl (C=O) groups excluding carboxylic acids is 2. The Morgan fingerprint density at radius 3 is 1.03 bits per heavy atom. The SMILES string of the molecule is CC/C=C\CCCCOC(CCC(=O)OCCCCCCCN(CCCO)CCCCCCOC(=O)CCC(OCCCC/C=C\CC)OCCCC/C=C\CC)OCCCC/C=C\CC. The van der Waals surface area contributed by atoms with Crippen LogP contribution in [0.2, 0.25) is 0 Å². The topological polar surface area (TPSA) is 113 Å². The predicted molar refractivity (Wildman–Crippen MR) is 275 cm³/mol. The molecule has 0 aromatic rings. The zero-order valence-electron chi connectivity index (χ0n) is 43.2. The third-order valence-electron chi connectivity index (χ3n) is 11.2. The molecule has 0 aliphatic carbocycles. The highest BCUT2D eigenvalue weighted by atomic mass is 16.7.